The Kier molecular flexibility index (Phi) is 3.94. The Hall–Kier alpha value is -0.800. The molecule has 86 valence electrons. The molecule has 0 aliphatic heterocycles. The lowest BCUT2D eigenvalue weighted by atomic mass is 10.1. The van der Waals surface area contributed by atoms with Gasteiger partial charge in [-0.2, -0.15) is 0 Å². The van der Waals surface area contributed by atoms with Gasteiger partial charge in [-0.15, -0.1) is 0 Å². The van der Waals surface area contributed by atoms with Gasteiger partial charge in [-0.25, -0.2) is 0 Å². The van der Waals surface area contributed by atoms with E-state index >= 15 is 0 Å². The molecule has 1 atom stereocenters. The number of aliphatic hydroxyl groups is 1. The number of aliphatic hydroxyl groups excluding tert-OH is 1. The Balaban J connectivity index is 3.03. The topological polar surface area (TPSA) is 51.2 Å². The van der Waals surface area contributed by atoms with E-state index in [0.29, 0.717) is 5.92 Å². The second-order valence-corrected chi connectivity index (χ2v) is 4.62. The third-order valence-electron chi connectivity index (χ3n) is 2.76. The number of nitrogens with two attached hydrogens (primary N) is 1. The van der Waals surface area contributed by atoms with E-state index in [4.69, 9.17) is 10.8 Å². The zero-order valence-electron chi connectivity index (χ0n) is 10.1. The number of rotatable bonds is 4. The maximum atomic E-state index is 9.06. The second kappa shape index (κ2) is 4.81. The van der Waals surface area contributed by atoms with Crippen molar-refractivity contribution in [2.45, 2.75) is 40.3 Å². The Morgan fingerprint density at radius 3 is 2.47 bits per heavy atom. The molecule has 1 aromatic rings. The van der Waals surface area contributed by atoms with Crippen molar-refractivity contribution in [3.63, 3.8) is 0 Å². The summed E-state index contributed by atoms with van der Waals surface area (Å²) < 4.78 is 2.27. The highest BCUT2D eigenvalue weighted by atomic mass is 16.3. The van der Waals surface area contributed by atoms with Crippen molar-refractivity contribution in [3.8, 4) is 0 Å². The van der Waals surface area contributed by atoms with Crippen molar-refractivity contribution >= 4 is 0 Å². The van der Waals surface area contributed by atoms with Gasteiger partial charge in [0.25, 0.3) is 0 Å². The molecule has 0 radical (unpaired) electrons. The van der Waals surface area contributed by atoms with Crippen molar-refractivity contribution < 1.29 is 5.11 Å². The molecule has 3 N–H and O–H groups in total. The van der Waals surface area contributed by atoms with Crippen LogP contribution in [0.2, 0.25) is 0 Å². The summed E-state index contributed by atoms with van der Waals surface area (Å²) in [4.78, 5) is 0. The van der Waals surface area contributed by atoms with E-state index in [2.05, 4.69) is 38.3 Å². The van der Waals surface area contributed by atoms with Crippen LogP contribution in [0.1, 0.15) is 36.8 Å². The van der Waals surface area contributed by atoms with Gasteiger partial charge in [-0.1, -0.05) is 13.8 Å². The first-order valence-electron chi connectivity index (χ1n) is 5.50. The van der Waals surface area contributed by atoms with E-state index in [1.54, 1.807) is 0 Å². The number of hydrogen-bond acceptors (Lipinski definition) is 2. The van der Waals surface area contributed by atoms with Gasteiger partial charge >= 0.3 is 0 Å². The van der Waals surface area contributed by atoms with Gasteiger partial charge in [0.15, 0.2) is 0 Å². The molecule has 0 fully saturated rings. The monoisotopic (exact) mass is 210 g/mol. The molecule has 0 aliphatic carbocycles. The summed E-state index contributed by atoms with van der Waals surface area (Å²) in [5.41, 5.74) is 9.32. The van der Waals surface area contributed by atoms with E-state index in [0.717, 1.165) is 12.1 Å². The summed E-state index contributed by atoms with van der Waals surface area (Å²) in [7, 11) is 0. The third-order valence-corrected chi connectivity index (χ3v) is 2.76. The van der Waals surface area contributed by atoms with E-state index in [1.807, 2.05) is 0 Å². The predicted molar refractivity (Wildman–Crippen MR) is 62.8 cm³/mol. The highest BCUT2D eigenvalue weighted by Gasteiger charge is 2.14. The molecule has 0 aliphatic rings. The second-order valence-electron chi connectivity index (χ2n) is 4.62. The lowest BCUT2D eigenvalue weighted by Crippen LogP contribution is -2.16. The van der Waals surface area contributed by atoms with Crippen LogP contribution in [0.25, 0.3) is 0 Å². The Labute approximate surface area is 91.9 Å². The minimum absolute atomic E-state index is 0.00592. The minimum Gasteiger partial charge on any atom is -0.394 e. The summed E-state index contributed by atoms with van der Waals surface area (Å²) >= 11 is 0. The number of hydrogen-bond donors (Lipinski definition) is 2. The molecule has 0 aromatic carbocycles. The van der Waals surface area contributed by atoms with E-state index in [-0.39, 0.29) is 12.6 Å². The van der Waals surface area contributed by atoms with E-state index in [9.17, 15) is 0 Å². The Morgan fingerprint density at radius 2 is 2.00 bits per heavy atom. The van der Waals surface area contributed by atoms with Crippen LogP contribution in [0.4, 0.5) is 0 Å². The zero-order chi connectivity index (χ0) is 11.6. The standard InChI is InChI=1S/C12H22N2O/c1-8(2)6-14-9(3)5-11(10(14)4)12(13)7-15/h5,8,12,15H,6-7,13H2,1-4H3/t12-/m1/s1. The van der Waals surface area contributed by atoms with Gasteiger partial charge in [0.1, 0.15) is 0 Å². The van der Waals surface area contributed by atoms with Gasteiger partial charge in [-0.3, -0.25) is 0 Å². The Bertz CT molecular complexity index is 329. The third kappa shape index (κ3) is 2.61. The SMILES string of the molecule is Cc1cc([C@H](N)CO)c(C)n1CC(C)C. The predicted octanol–water partition coefficient (Wildman–Crippen LogP) is 1.75. The highest BCUT2D eigenvalue weighted by molar-refractivity contribution is 5.29. The fourth-order valence-electron chi connectivity index (χ4n) is 1.95. The molecule has 0 unspecified atom stereocenters. The van der Waals surface area contributed by atoms with Crippen LogP contribution in [0.5, 0.6) is 0 Å². The smallest absolute Gasteiger partial charge is 0.0625 e. The van der Waals surface area contributed by atoms with Crippen LogP contribution in [0.3, 0.4) is 0 Å². The van der Waals surface area contributed by atoms with Crippen LogP contribution in [0, 0.1) is 19.8 Å². The first kappa shape index (κ1) is 12.3. The van der Waals surface area contributed by atoms with E-state index < -0.39 is 0 Å². The highest BCUT2D eigenvalue weighted by Crippen LogP contribution is 2.21. The molecule has 0 bridgehead atoms. The van der Waals surface area contributed by atoms with Crippen LogP contribution in [-0.4, -0.2) is 16.3 Å². The summed E-state index contributed by atoms with van der Waals surface area (Å²) in [6, 6.07) is 1.83. The van der Waals surface area contributed by atoms with Gasteiger partial charge in [0, 0.05) is 17.9 Å². The summed E-state index contributed by atoms with van der Waals surface area (Å²) in [6.45, 7) is 9.57. The fraction of sp³-hybridized carbons (Fsp3) is 0.667. The normalized spacial score (nSPS) is 13.5. The summed E-state index contributed by atoms with van der Waals surface area (Å²) in [5, 5.41) is 9.06. The van der Waals surface area contributed by atoms with Gasteiger partial charge in [0.2, 0.25) is 0 Å². The molecule has 15 heavy (non-hydrogen) atoms. The maximum absolute atomic E-state index is 9.06. The molecule has 1 aromatic heterocycles. The van der Waals surface area contributed by atoms with Gasteiger partial charge in [0.05, 0.1) is 12.6 Å². The quantitative estimate of drug-likeness (QED) is 0.795. The van der Waals surface area contributed by atoms with Crippen LogP contribution in [-0.2, 0) is 6.54 Å². The van der Waals surface area contributed by atoms with Crippen molar-refractivity contribution in [2.24, 2.45) is 11.7 Å². The first-order valence-corrected chi connectivity index (χ1v) is 5.50. The van der Waals surface area contributed by atoms with Crippen LogP contribution in [0.15, 0.2) is 6.07 Å². The average molecular weight is 210 g/mol. The molecular formula is C12H22N2O. The molecule has 1 rings (SSSR count). The molecule has 1 heterocycles. The zero-order valence-corrected chi connectivity index (χ0v) is 10.1. The van der Waals surface area contributed by atoms with Crippen molar-refractivity contribution in [2.75, 3.05) is 6.61 Å². The first-order chi connectivity index (χ1) is 6.97. The van der Waals surface area contributed by atoms with Crippen LogP contribution < -0.4 is 5.73 Å². The lowest BCUT2D eigenvalue weighted by Gasteiger charge is -2.13. The largest absolute Gasteiger partial charge is 0.394 e. The molecule has 3 heteroatoms. The van der Waals surface area contributed by atoms with Crippen molar-refractivity contribution in [1.29, 1.82) is 0 Å². The lowest BCUT2D eigenvalue weighted by molar-refractivity contribution is 0.267. The molecule has 0 saturated carbocycles. The van der Waals surface area contributed by atoms with Crippen molar-refractivity contribution in [3.05, 3.63) is 23.0 Å². The minimum atomic E-state index is -0.253. The number of aryl methyl sites for hydroxylation is 1. The molecule has 0 amide bonds. The number of nitrogens with zero attached hydrogens (tertiary/aromatic N) is 1. The summed E-state index contributed by atoms with van der Waals surface area (Å²) in [6.07, 6.45) is 0. The molecular weight excluding hydrogens is 188 g/mol. The molecule has 0 spiro atoms. The fourth-order valence-corrected chi connectivity index (χ4v) is 1.95. The number of aromatic nitrogens is 1. The molecule has 0 saturated heterocycles. The summed E-state index contributed by atoms with van der Waals surface area (Å²) in [5.74, 6) is 0.619. The van der Waals surface area contributed by atoms with Gasteiger partial charge < -0.3 is 15.4 Å². The molecule has 3 nitrogen and oxygen atoms in total. The maximum Gasteiger partial charge on any atom is 0.0625 e. The van der Waals surface area contributed by atoms with Crippen molar-refractivity contribution in [1.82, 2.24) is 4.57 Å². The van der Waals surface area contributed by atoms with E-state index in [1.165, 1.54) is 11.4 Å². The Morgan fingerprint density at radius 1 is 1.40 bits per heavy atom. The van der Waals surface area contributed by atoms with Gasteiger partial charge in [-0.05, 0) is 31.4 Å². The average Bonchev–Trinajstić information content (AvgIpc) is 2.44. The van der Waals surface area contributed by atoms with Crippen LogP contribution >= 0.6 is 0 Å².